The van der Waals surface area contributed by atoms with Crippen molar-refractivity contribution in [3.63, 3.8) is 0 Å². The predicted octanol–water partition coefficient (Wildman–Crippen LogP) is 3.14. The molecule has 0 amide bonds. The number of aliphatic hydroxyl groups excluding tert-OH is 1. The molecule has 1 aromatic rings. The van der Waals surface area contributed by atoms with Gasteiger partial charge < -0.3 is 10.4 Å². The highest BCUT2D eigenvalue weighted by molar-refractivity contribution is 5.18. The third kappa shape index (κ3) is 3.82. The van der Waals surface area contributed by atoms with E-state index in [9.17, 15) is 5.11 Å². The summed E-state index contributed by atoms with van der Waals surface area (Å²) in [6, 6.07) is 10.3. The van der Waals surface area contributed by atoms with Crippen LogP contribution in [0.15, 0.2) is 30.3 Å². The van der Waals surface area contributed by atoms with Gasteiger partial charge in [0.15, 0.2) is 0 Å². The Morgan fingerprint density at radius 3 is 2.44 bits per heavy atom. The second-order valence-corrected chi connectivity index (χ2v) is 5.68. The predicted molar refractivity (Wildman–Crippen MR) is 75.4 cm³/mol. The van der Waals surface area contributed by atoms with Crippen LogP contribution in [0.25, 0.3) is 0 Å². The summed E-state index contributed by atoms with van der Waals surface area (Å²) in [6.07, 6.45) is 5.39. The number of nitrogens with one attached hydrogen (secondary N) is 1. The second kappa shape index (κ2) is 6.91. The van der Waals surface area contributed by atoms with Crippen molar-refractivity contribution in [2.45, 2.75) is 38.6 Å². The molecule has 0 aromatic heterocycles. The van der Waals surface area contributed by atoms with Crippen LogP contribution in [0.2, 0.25) is 0 Å². The lowest BCUT2D eigenvalue weighted by atomic mass is 9.83. The fourth-order valence-corrected chi connectivity index (χ4v) is 2.82. The van der Waals surface area contributed by atoms with Gasteiger partial charge in [-0.15, -0.1) is 0 Å². The molecule has 2 nitrogen and oxygen atoms in total. The Balaban J connectivity index is 1.81. The van der Waals surface area contributed by atoms with E-state index in [1.807, 2.05) is 18.2 Å². The second-order valence-electron chi connectivity index (χ2n) is 5.68. The van der Waals surface area contributed by atoms with Crippen molar-refractivity contribution >= 4 is 0 Å². The summed E-state index contributed by atoms with van der Waals surface area (Å²) in [5, 5.41) is 13.0. The van der Waals surface area contributed by atoms with Gasteiger partial charge in [0, 0.05) is 0 Å². The summed E-state index contributed by atoms with van der Waals surface area (Å²) in [5.41, 5.74) is 1.18. The van der Waals surface area contributed by atoms with Crippen LogP contribution in [0.5, 0.6) is 0 Å². The van der Waals surface area contributed by atoms with Crippen molar-refractivity contribution in [1.82, 2.24) is 5.32 Å². The first-order chi connectivity index (χ1) is 8.79. The lowest BCUT2D eigenvalue weighted by molar-refractivity contribution is 0.223. The highest BCUT2D eigenvalue weighted by Gasteiger charge is 2.19. The Kier molecular flexibility index (Phi) is 5.21. The molecule has 100 valence electrons. The maximum absolute atomic E-state index is 9.49. The zero-order valence-electron chi connectivity index (χ0n) is 11.3. The standard InChI is InChI=1S/C16H25NO/c1-13-7-9-14(10-8-13)11-17-16(12-18)15-5-3-2-4-6-15/h2-6,13-14,16-18H,7-12H2,1H3. The minimum Gasteiger partial charge on any atom is -0.394 e. The van der Waals surface area contributed by atoms with E-state index in [-0.39, 0.29) is 12.6 Å². The van der Waals surface area contributed by atoms with Crippen LogP contribution in [0.3, 0.4) is 0 Å². The Morgan fingerprint density at radius 2 is 1.83 bits per heavy atom. The van der Waals surface area contributed by atoms with E-state index < -0.39 is 0 Å². The largest absolute Gasteiger partial charge is 0.394 e. The number of hydrogen-bond acceptors (Lipinski definition) is 2. The van der Waals surface area contributed by atoms with Gasteiger partial charge in [0.2, 0.25) is 0 Å². The molecule has 1 aliphatic carbocycles. The molecular formula is C16H25NO. The lowest BCUT2D eigenvalue weighted by Crippen LogP contribution is -2.31. The fourth-order valence-electron chi connectivity index (χ4n) is 2.82. The van der Waals surface area contributed by atoms with Gasteiger partial charge in [-0.05, 0) is 36.8 Å². The molecule has 18 heavy (non-hydrogen) atoms. The van der Waals surface area contributed by atoms with E-state index in [4.69, 9.17) is 0 Å². The smallest absolute Gasteiger partial charge is 0.0626 e. The third-order valence-corrected chi connectivity index (χ3v) is 4.17. The van der Waals surface area contributed by atoms with E-state index in [1.54, 1.807) is 0 Å². The quantitative estimate of drug-likeness (QED) is 0.838. The van der Waals surface area contributed by atoms with Gasteiger partial charge in [0.25, 0.3) is 0 Å². The molecule has 2 heteroatoms. The summed E-state index contributed by atoms with van der Waals surface area (Å²) in [5.74, 6) is 1.70. The van der Waals surface area contributed by atoms with Gasteiger partial charge in [-0.3, -0.25) is 0 Å². The van der Waals surface area contributed by atoms with Crippen molar-refractivity contribution < 1.29 is 5.11 Å². The summed E-state index contributed by atoms with van der Waals surface area (Å²) in [7, 11) is 0. The first kappa shape index (κ1) is 13.6. The summed E-state index contributed by atoms with van der Waals surface area (Å²) in [6.45, 7) is 3.56. The number of hydrogen-bond donors (Lipinski definition) is 2. The molecular weight excluding hydrogens is 222 g/mol. The molecule has 0 saturated heterocycles. The summed E-state index contributed by atoms with van der Waals surface area (Å²) >= 11 is 0. The SMILES string of the molecule is CC1CCC(CNC(CO)c2ccccc2)CC1. The maximum Gasteiger partial charge on any atom is 0.0626 e. The van der Waals surface area contributed by atoms with Crippen LogP contribution in [-0.4, -0.2) is 18.3 Å². The molecule has 2 rings (SSSR count). The van der Waals surface area contributed by atoms with E-state index in [2.05, 4.69) is 24.4 Å². The Bertz CT molecular complexity index is 330. The molecule has 1 aromatic carbocycles. The first-order valence-electron chi connectivity index (χ1n) is 7.18. The molecule has 0 bridgehead atoms. The van der Waals surface area contributed by atoms with Gasteiger partial charge >= 0.3 is 0 Å². The average molecular weight is 247 g/mol. The summed E-state index contributed by atoms with van der Waals surface area (Å²) < 4.78 is 0. The zero-order chi connectivity index (χ0) is 12.8. The number of rotatable bonds is 5. The van der Waals surface area contributed by atoms with Crippen LogP contribution in [0.4, 0.5) is 0 Å². The zero-order valence-corrected chi connectivity index (χ0v) is 11.3. The van der Waals surface area contributed by atoms with Crippen molar-refractivity contribution in [1.29, 1.82) is 0 Å². The van der Waals surface area contributed by atoms with Gasteiger partial charge in [-0.2, -0.15) is 0 Å². The van der Waals surface area contributed by atoms with Crippen LogP contribution in [0, 0.1) is 11.8 Å². The van der Waals surface area contributed by atoms with Crippen LogP contribution in [0.1, 0.15) is 44.2 Å². The molecule has 0 spiro atoms. The third-order valence-electron chi connectivity index (χ3n) is 4.17. The first-order valence-corrected chi connectivity index (χ1v) is 7.18. The van der Waals surface area contributed by atoms with Crippen LogP contribution >= 0.6 is 0 Å². The van der Waals surface area contributed by atoms with Gasteiger partial charge in [0.1, 0.15) is 0 Å². The van der Waals surface area contributed by atoms with Crippen LogP contribution in [-0.2, 0) is 0 Å². The maximum atomic E-state index is 9.49. The Morgan fingerprint density at radius 1 is 1.17 bits per heavy atom. The highest BCUT2D eigenvalue weighted by atomic mass is 16.3. The number of aliphatic hydroxyl groups is 1. The van der Waals surface area contributed by atoms with Crippen molar-refractivity contribution in [3.05, 3.63) is 35.9 Å². The Hall–Kier alpha value is -0.860. The molecule has 1 fully saturated rings. The van der Waals surface area contributed by atoms with Crippen molar-refractivity contribution in [2.24, 2.45) is 11.8 Å². The molecule has 1 unspecified atom stereocenters. The molecule has 1 aliphatic rings. The van der Waals surface area contributed by atoms with Crippen molar-refractivity contribution in [2.75, 3.05) is 13.2 Å². The molecule has 0 aliphatic heterocycles. The molecule has 0 radical (unpaired) electrons. The van der Waals surface area contributed by atoms with Crippen LogP contribution < -0.4 is 5.32 Å². The van der Waals surface area contributed by atoms with Gasteiger partial charge in [-0.25, -0.2) is 0 Å². The highest BCUT2D eigenvalue weighted by Crippen LogP contribution is 2.28. The average Bonchev–Trinajstić information content (AvgIpc) is 2.43. The van der Waals surface area contributed by atoms with Gasteiger partial charge in [-0.1, -0.05) is 50.1 Å². The summed E-state index contributed by atoms with van der Waals surface area (Å²) in [4.78, 5) is 0. The molecule has 2 N–H and O–H groups in total. The van der Waals surface area contributed by atoms with Gasteiger partial charge in [0.05, 0.1) is 12.6 Å². The lowest BCUT2D eigenvalue weighted by Gasteiger charge is -2.28. The van der Waals surface area contributed by atoms with E-state index in [1.165, 1.54) is 31.2 Å². The topological polar surface area (TPSA) is 32.3 Å². The van der Waals surface area contributed by atoms with Crippen molar-refractivity contribution in [3.8, 4) is 0 Å². The number of benzene rings is 1. The molecule has 0 heterocycles. The van der Waals surface area contributed by atoms with E-state index in [0.29, 0.717) is 0 Å². The van der Waals surface area contributed by atoms with E-state index >= 15 is 0 Å². The minimum atomic E-state index is 0.0885. The fraction of sp³-hybridized carbons (Fsp3) is 0.625. The molecule has 1 saturated carbocycles. The Labute approximate surface area is 110 Å². The normalized spacial score (nSPS) is 25.9. The molecule has 1 atom stereocenters. The minimum absolute atomic E-state index is 0.0885. The monoisotopic (exact) mass is 247 g/mol. The van der Waals surface area contributed by atoms with E-state index in [0.717, 1.165) is 18.4 Å².